The largest absolute Gasteiger partial charge is 0.435 e. The molecule has 6 nitrogen and oxygen atoms in total. The highest BCUT2D eigenvalue weighted by Crippen LogP contribution is 2.31. The van der Waals surface area contributed by atoms with Gasteiger partial charge < -0.3 is 9.26 Å². The summed E-state index contributed by atoms with van der Waals surface area (Å²) in [5.74, 6) is 0.409. The molecule has 1 aromatic carbocycles. The van der Waals surface area contributed by atoms with Gasteiger partial charge in [0.1, 0.15) is 9.96 Å². The van der Waals surface area contributed by atoms with E-state index in [4.69, 9.17) is 4.52 Å². The van der Waals surface area contributed by atoms with E-state index < -0.39 is 16.6 Å². The summed E-state index contributed by atoms with van der Waals surface area (Å²) >= 11 is 1.02. The third-order valence-electron chi connectivity index (χ3n) is 2.86. The smallest absolute Gasteiger partial charge is 0.387 e. The van der Waals surface area contributed by atoms with Gasteiger partial charge in [-0.1, -0.05) is 5.16 Å². The number of sulfonamides is 1. The van der Waals surface area contributed by atoms with E-state index >= 15 is 0 Å². The fourth-order valence-electron chi connectivity index (χ4n) is 1.85. The normalized spacial score (nSPS) is 11.6. The van der Waals surface area contributed by atoms with Crippen LogP contribution < -0.4 is 9.46 Å². The number of anilines is 1. The molecule has 0 atom stereocenters. The summed E-state index contributed by atoms with van der Waals surface area (Å²) in [6, 6.07) is 9.84. The van der Waals surface area contributed by atoms with Crippen LogP contribution in [0.2, 0.25) is 0 Å². The Kier molecular flexibility index (Phi) is 4.49. The molecule has 1 N–H and O–H groups in total. The molecule has 0 fully saturated rings. The van der Waals surface area contributed by atoms with Crippen molar-refractivity contribution in [3.8, 4) is 16.4 Å². The van der Waals surface area contributed by atoms with Crippen LogP contribution in [0.1, 0.15) is 0 Å². The van der Waals surface area contributed by atoms with Crippen molar-refractivity contribution in [2.24, 2.45) is 0 Å². The highest BCUT2D eigenvalue weighted by atomic mass is 32.2. The van der Waals surface area contributed by atoms with Gasteiger partial charge in [-0.05, 0) is 36.4 Å². The minimum absolute atomic E-state index is 0.0586. The third kappa shape index (κ3) is 3.71. The van der Waals surface area contributed by atoms with E-state index in [1.54, 1.807) is 12.1 Å². The maximum atomic E-state index is 12.3. The van der Waals surface area contributed by atoms with Gasteiger partial charge >= 0.3 is 6.61 Å². The van der Waals surface area contributed by atoms with E-state index in [9.17, 15) is 17.2 Å². The predicted molar refractivity (Wildman–Crippen MR) is 83.7 cm³/mol. The molecular weight excluding hydrogens is 362 g/mol. The number of thiophene rings is 1. The number of ether oxygens (including phenoxy) is 1. The van der Waals surface area contributed by atoms with Crippen LogP contribution in [0.5, 0.6) is 5.75 Å². The van der Waals surface area contributed by atoms with Crippen LogP contribution >= 0.6 is 11.3 Å². The zero-order valence-electron chi connectivity index (χ0n) is 11.8. The second-order valence-corrected chi connectivity index (χ2v) is 7.50. The topological polar surface area (TPSA) is 81.4 Å². The monoisotopic (exact) mass is 372 g/mol. The summed E-state index contributed by atoms with van der Waals surface area (Å²) in [7, 11) is -3.80. The van der Waals surface area contributed by atoms with Gasteiger partial charge in [-0.3, -0.25) is 4.72 Å². The van der Waals surface area contributed by atoms with Crippen molar-refractivity contribution in [3.05, 3.63) is 48.7 Å². The maximum Gasteiger partial charge on any atom is 0.387 e. The number of alkyl halides is 2. The number of halogens is 2. The van der Waals surface area contributed by atoms with Crippen molar-refractivity contribution in [2.75, 3.05) is 4.72 Å². The Labute approximate surface area is 139 Å². The number of hydrogen-bond donors (Lipinski definition) is 1. The first kappa shape index (κ1) is 16.4. The molecule has 24 heavy (non-hydrogen) atoms. The minimum Gasteiger partial charge on any atom is -0.435 e. The van der Waals surface area contributed by atoms with Crippen LogP contribution in [0.25, 0.3) is 10.6 Å². The highest BCUT2D eigenvalue weighted by Gasteiger charge is 2.18. The molecule has 0 radical (unpaired) electrons. The molecule has 3 aromatic rings. The van der Waals surface area contributed by atoms with Crippen LogP contribution in [-0.4, -0.2) is 20.2 Å². The molecule has 0 aliphatic heterocycles. The summed E-state index contributed by atoms with van der Waals surface area (Å²) in [6.07, 6.45) is 1.46. The lowest BCUT2D eigenvalue weighted by Crippen LogP contribution is -2.11. The van der Waals surface area contributed by atoms with Crippen molar-refractivity contribution in [1.29, 1.82) is 0 Å². The van der Waals surface area contributed by atoms with Crippen LogP contribution in [0, 0.1) is 0 Å². The van der Waals surface area contributed by atoms with Crippen LogP contribution in [-0.2, 0) is 10.0 Å². The van der Waals surface area contributed by atoms with Gasteiger partial charge in [0, 0.05) is 11.8 Å². The van der Waals surface area contributed by atoms with E-state index in [-0.39, 0.29) is 15.6 Å². The summed E-state index contributed by atoms with van der Waals surface area (Å²) < 4.78 is 60.5. The Balaban J connectivity index is 1.76. The first-order valence-corrected chi connectivity index (χ1v) is 8.82. The van der Waals surface area contributed by atoms with E-state index in [1.807, 2.05) is 0 Å². The Morgan fingerprint density at radius 2 is 1.88 bits per heavy atom. The lowest BCUT2D eigenvalue weighted by molar-refractivity contribution is -0.0498. The first-order chi connectivity index (χ1) is 11.4. The van der Waals surface area contributed by atoms with Crippen molar-refractivity contribution < 1.29 is 26.5 Å². The molecule has 0 spiro atoms. The van der Waals surface area contributed by atoms with Gasteiger partial charge in [0.05, 0.1) is 11.1 Å². The molecule has 0 unspecified atom stereocenters. The zero-order valence-corrected chi connectivity index (χ0v) is 13.5. The van der Waals surface area contributed by atoms with Crippen molar-refractivity contribution >= 4 is 27.0 Å². The second-order valence-electron chi connectivity index (χ2n) is 4.50. The van der Waals surface area contributed by atoms with E-state index in [2.05, 4.69) is 14.6 Å². The molecule has 126 valence electrons. The number of aromatic nitrogens is 1. The first-order valence-electron chi connectivity index (χ1n) is 6.53. The molecule has 0 aliphatic carbocycles. The quantitative estimate of drug-likeness (QED) is 0.712. The Morgan fingerprint density at radius 1 is 1.12 bits per heavy atom. The fourth-order valence-corrected chi connectivity index (χ4v) is 4.17. The lowest BCUT2D eigenvalue weighted by atomic mass is 10.3. The van der Waals surface area contributed by atoms with E-state index in [1.165, 1.54) is 36.5 Å². The van der Waals surface area contributed by atoms with Crippen LogP contribution in [0.15, 0.2) is 57.4 Å². The molecule has 3 rings (SSSR count). The lowest BCUT2D eigenvalue weighted by Gasteiger charge is -2.08. The standard InChI is InChI=1S/C14H10F2N2O4S2/c15-14(16)21-10-3-1-9(2-4-10)18-24(19,20)13-6-5-12(23-13)11-7-8-17-22-11/h1-8,14,18H. The number of hydrogen-bond acceptors (Lipinski definition) is 6. The average molecular weight is 372 g/mol. The third-order valence-corrected chi connectivity index (χ3v) is 5.83. The Morgan fingerprint density at radius 3 is 2.50 bits per heavy atom. The molecular formula is C14H10F2N2O4S2. The van der Waals surface area contributed by atoms with Gasteiger partial charge in [0.25, 0.3) is 10.0 Å². The van der Waals surface area contributed by atoms with Gasteiger partial charge in [-0.25, -0.2) is 8.42 Å². The molecule has 0 aliphatic rings. The number of nitrogens with zero attached hydrogens (tertiary/aromatic N) is 1. The van der Waals surface area contributed by atoms with Crippen molar-refractivity contribution in [1.82, 2.24) is 5.16 Å². The Hall–Kier alpha value is -2.46. The minimum atomic E-state index is -3.80. The molecule has 2 aromatic heterocycles. The average Bonchev–Trinajstić information content (AvgIpc) is 3.19. The van der Waals surface area contributed by atoms with Crippen LogP contribution in [0.4, 0.5) is 14.5 Å². The summed E-state index contributed by atoms with van der Waals surface area (Å²) in [5.41, 5.74) is 0.228. The predicted octanol–water partition coefficient (Wildman–Crippen LogP) is 3.81. The fraction of sp³-hybridized carbons (Fsp3) is 0.0714. The van der Waals surface area contributed by atoms with Gasteiger partial charge in [-0.2, -0.15) is 8.78 Å². The number of benzene rings is 1. The SMILES string of the molecule is O=S(=O)(Nc1ccc(OC(F)F)cc1)c1ccc(-c2ccno2)s1. The Bertz CT molecular complexity index is 907. The number of rotatable bonds is 6. The van der Waals surface area contributed by atoms with Gasteiger partial charge in [-0.15, -0.1) is 11.3 Å². The van der Waals surface area contributed by atoms with Crippen molar-refractivity contribution in [2.45, 2.75) is 10.8 Å². The molecule has 0 saturated heterocycles. The number of nitrogens with one attached hydrogen (secondary N) is 1. The van der Waals surface area contributed by atoms with E-state index in [0.29, 0.717) is 10.6 Å². The summed E-state index contributed by atoms with van der Waals surface area (Å²) in [4.78, 5) is 0.619. The molecule has 10 heteroatoms. The molecule has 0 amide bonds. The summed E-state index contributed by atoms with van der Waals surface area (Å²) in [6.45, 7) is -2.94. The summed E-state index contributed by atoms with van der Waals surface area (Å²) in [5, 5.41) is 3.57. The van der Waals surface area contributed by atoms with Crippen molar-refractivity contribution in [3.63, 3.8) is 0 Å². The maximum absolute atomic E-state index is 12.3. The molecule has 2 heterocycles. The van der Waals surface area contributed by atoms with E-state index in [0.717, 1.165) is 11.3 Å². The highest BCUT2D eigenvalue weighted by molar-refractivity contribution is 7.94. The van der Waals surface area contributed by atoms with Gasteiger partial charge in [0.15, 0.2) is 5.76 Å². The molecule has 0 bridgehead atoms. The zero-order chi connectivity index (χ0) is 17.2. The molecule has 0 saturated carbocycles. The van der Waals surface area contributed by atoms with Gasteiger partial charge in [0.2, 0.25) is 0 Å². The second kappa shape index (κ2) is 6.57. The van der Waals surface area contributed by atoms with Crippen LogP contribution in [0.3, 0.4) is 0 Å².